The lowest BCUT2D eigenvalue weighted by atomic mass is 9.86. The van der Waals surface area contributed by atoms with E-state index in [0.29, 0.717) is 43.7 Å². The highest BCUT2D eigenvalue weighted by Gasteiger charge is 2.30. The molecule has 5 nitrogen and oxygen atoms in total. The van der Waals surface area contributed by atoms with Gasteiger partial charge in [0, 0.05) is 18.7 Å². The zero-order valence-corrected chi connectivity index (χ0v) is 14.4. The van der Waals surface area contributed by atoms with E-state index in [4.69, 9.17) is 10.5 Å². The van der Waals surface area contributed by atoms with Gasteiger partial charge < -0.3 is 15.4 Å². The zero-order valence-electron chi connectivity index (χ0n) is 14.4. The number of hydrogen-bond donors (Lipinski definition) is 1. The number of anilines is 1. The van der Waals surface area contributed by atoms with Crippen LogP contribution in [0.15, 0.2) is 6.20 Å². The lowest BCUT2D eigenvalue weighted by Gasteiger charge is -2.34. The molecule has 0 atom stereocenters. The average molecular weight is 323 g/mol. The molecule has 0 unspecified atom stereocenters. The fourth-order valence-electron chi connectivity index (χ4n) is 3.05. The van der Waals surface area contributed by atoms with Gasteiger partial charge in [0.1, 0.15) is 17.2 Å². The third-order valence-electron chi connectivity index (χ3n) is 4.12. The summed E-state index contributed by atoms with van der Waals surface area (Å²) in [5.74, 6) is 0.166. The largest absolute Gasteiger partial charge is 0.444 e. The second-order valence-electron chi connectivity index (χ2n) is 6.98. The first kappa shape index (κ1) is 17.5. The number of nitrogen functional groups attached to an aromatic ring is 1. The molecule has 1 amide bonds. The van der Waals surface area contributed by atoms with Gasteiger partial charge in [-0.25, -0.2) is 14.2 Å². The van der Waals surface area contributed by atoms with Crippen molar-refractivity contribution in [3.63, 3.8) is 0 Å². The Morgan fingerprint density at radius 1 is 1.43 bits per heavy atom. The molecule has 1 fully saturated rings. The minimum absolute atomic E-state index is 0.0638. The van der Waals surface area contributed by atoms with Gasteiger partial charge >= 0.3 is 6.09 Å². The van der Waals surface area contributed by atoms with Crippen LogP contribution < -0.4 is 5.73 Å². The Kier molecular flexibility index (Phi) is 5.12. The van der Waals surface area contributed by atoms with Gasteiger partial charge in [-0.1, -0.05) is 6.92 Å². The highest BCUT2D eigenvalue weighted by molar-refractivity contribution is 5.68. The molecule has 1 aliphatic heterocycles. The first-order valence-corrected chi connectivity index (χ1v) is 8.13. The molecule has 1 saturated heterocycles. The number of halogens is 1. The van der Waals surface area contributed by atoms with Crippen LogP contribution in [0.1, 0.15) is 57.6 Å². The number of pyridine rings is 1. The molecule has 0 radical (unpaired) electrons. The summed E-state index contributed by atoms with van der Waals surface area (Å²) < 4.78 is 19.6. The van der Waals surface area contributed by atoms with E-state index >= 15 is 0 Å². The van der Waals surface area contributed by atoms with Gasteiger partial charge in [-0.3, -0.25) is 0 Å². The van der Waals surface area contributed by atoms with Gasteiger partial charge in [-0.15, -0.1) is 0 Å². The third-order valence-corrected chi connectivity index (χ3v) is 4.12. The molecule has 2 heterocycles. The van der Waals surface area contributed by atoms with Crippen molar-refractivity contribution in [1.82, 2.24) is 9.88 Å². The molecule has 6 heteroatoms. The van der Waals surface area contributed by atoms with E-state index in [9.17, 15) is 9.18 Å². The van der Waals surface area contributed by atoms with E-state index < -0.39 is 5.60 Å². The Labute approximate surface area is 137 Å². The third kappa shape index (κ3) is 4.12. The van der Waals surface area contributed by atoms with Gasteiger partial charge in [0.05, 0.1) is 6.20 Å². The van der Waals surface area contributed by atoms with Gasteiger partial charge in [0.15, 0.2) is 0 Å². The summed E-state index contributed by atoms with van der Waals surface area (Å²) in [4.78, 5) is 17.7. The van der Waals surface area contributed by atoms with Crippen LogP contribution in [0.25, 0.3) is 0 Å². The zero-order chi connectivity index (χ0) is 17.2. The molecule has 23 heavy (non-hydrogen) atoms. The summed E-state index contributed by atoms with van der Waals surface area (Å²) in [6.07, 6.45) is 2.95. The Morgan fingerprint density at radius 3 is 2.57 bits per heavy atom. The summed E-state index contributed by atoms with van der Waals surface area (Å²) in [5.41, 5.74) is 6.85. The lowest BCUT2D eigenvalue weighted by Crippen LogP contribution is -2.41. The van der Waals surface area contributed by atoms with E-state index in [-0.39, 0.29) is 17.8 Å². The fourth-order valence-corrected chi connectivity index (χ4v) is 3.05. The van der Waals surface area contributed by atoms with E-state index in [2.05, 4.69) is 4.98 Å². The second-order valence-corrected chi connectivity index (χ2v) is 6.98. The number of aromatic nitrogens is 1. The van der Waals surface area contributed by atoms with Crippen molar-refractivity contribution in [2.24, 2.45) is 0 Å². The van der Waals surface area contributed by atoms with E-state index in [1.165, 1.54) is 6.20 Å². The summed E-state index contributed by atoms with van der Waals surface area (Å²) in [7, 11) is 0. The highest BCUT2D eigenvalue weighted by Crippen LogP contribution is 2.34. The maximum absolute atomic E-state index is 14.3. The molecule has 1 aromatic rings. The Hall–Kier alpha value is -1.85. The van der Waals surface area contributed by atoms with E-state index in [1.54, 1.807) is 4.90 Å². The predicted octanol–water partition coefficient (Wildman–Crippen LogP) is 3.48. The Balaban J connectivity index is 2.08. The SMILES string of the molecule is CCc1c(N)ncc(F)c1C1CCN(C(=O)OC(C)(C)C)CC1. The molecule has 1 aliphatic rings. The van der Waals surface area contributed by atoms with Crippen LogP contribution in [0, 0.1) is 5.82 Å². The quantitative estimate of drug-likeness (QED) is 0.904. The van der Waals surface area contributed by atoms with Crippen molar-refractivity contribution in [1.29, 1.82) is 0 Å². The summed E-state index contributed by atoms with van der Waals surface area (Å²) >= 11 is 0. The van der Waals surface area contributed by atoms with Gasteiger partial charge in [-0.05, 0) is 51.5 Å². The predicted molar refractivity (Wildman–Crippen MR) is 87.8 cm³/mol. The minimum atomic E-state index is -0.505. The van der Waals surface area contributed by atoms with Crippen LogP contribution in [0.4, 0.5) is 15.0 Å². The molecule has 0 aliphatic carbocycles. The topological polar surface area (TPSA) is 68.5 Å². The molecule has 128 valence electrons. The van der Waals surface area contributed by atoms with Crippen molar-refractivity contribution >= 4 is 11.9 Å². The summed E-state index contributed by atoms with van der Waals surface area (Å²) in [6.45, 7) is 8.61. The Bertz CT molecular complexity index is 576. The number of amides is 1. The number of hydrogen-bond acceptors (Lipinski definition) is 4. The van der Waals surface area contributed by atoms with Crippen molar-refractivity contribution in [2.75, 3.05) is 18.8 Å². The second kappa shape index (κ2) is 6.72. The van der Waals surface area contributed by atoms with E-state index in [0.717, 1.165) is 5.56 Å². The van der Waals surface area contributed by atoms with Crippen molar-refractivity contribution in [3.8, 4) is 0 Å². The van der Waals surface area contributed by atoms with Crippen LogP contribution in [-0.4, -0.2) is 34.7 Å². The smallest absolute Gasteiger partial charge is 0.410 e. The first-order chi connectivity index (χ1) is 10.7. The summed E-state index contributed by atoms with van der Waals surface area (Å²) in [6, 6.07) is 0. The average Bonchev–Trinajstić information content (AvgIpc) is 2.47. The van der Waals surface area contributed by atoms with Gasteiger partial charge in [0.25, 0.3) is 0 Å². The van der Waals surface area contributed by atoms with Crippen molar-refractivity contribution in [3.05, 3.63) is 23.1 Å². The number of rotatable bonds is 2. The van der Waals surface area contributed by atoms with Crippen LogP contribution in [0.3, 0.4) is 0 Å². The minimum Gasteiger partial charge on any atom is -0.444 e. The number of nitrogens with zero attached hydrogens (tertiary/aromatic N) is 2. The number of ether oxygens (including phenoxy) is 1. The van der Waals surface area contributed by atoms with Crippen LogP contribution in [0.5, 0.6) is 0 Å². The molecule has 2 rings (SSSR count). The fraction of sp³-hybridized carbons (Fsp3) is 0.647. The standard InChI is InChI=1S/C17H26FN3O2/c1-5-12-14(13(18)10-20-15(12)19)11-6-8-21(9-7-11)16(22)23-17(2,3)4/h10-11H,5-9H2,1-4H3,(H2,19,20). The number of nitrogens with two attached hydrogens (primary N) is 1. The number of piperidine rings is 1. The maximum Gasteiger partial charge on any atom is 0.410 e. The van der Waals surface area contributed by atoms with Crippen LogP contribution in [-0.2, 0) is 11.2 Å². The Morgan fingerprint density at radius 2 is 2.04 bits per heavy atom. The number of likely N-dealkylation sites (tertiary alicyclic amines) is 1. The van der Waals surface area contributed by atoms with E-state index in [1.807, 2.05) is 27.7 Å². The number of carbonyl (C=O) groups is 1. The van der Waals surface area contributed by atoms with Gasteiger partial charge in [-0.2, -0.15) is 0 Å². The normalized spacial score (nSPS) is 16.5. The lowest BCUT2D eigenvalue weighted by molar-refractivity contribution is 0.0204. The van der Waals surface area contributed by atoms with Crippen LogP contribution in [0.2, 0.25) is 0 Å². The molecular formula is C17H26FN3O2. The van der Waals surface area contributed by atoms with Crippen LogP contribution >= 0.6 is 0 Å². The molecule has 0 aromatic carbocycles. The molecule has 0 spiro atoms. The molecule has 2 N–H and O–H groups in total. The van der Waals surface area contributed by atoms with Gasteiger partial charge in [0.2, 0.25) is 0 Å². The monoisotopic (exact) mass is 323 g/mol. The molecule has 0 bridgehead atoms. The van der Waals surface area contributed by atoms with Crippen molar-refractivity contribution in [2.45, 2.75) is 58.5 Å². The highest BCUT2D eigenvalue weighted by atomic mass is 19.1. The molecule has 0 saturated carbocycles. The molecular weight excluding hydrogens is 297 g/mol. The summed E-state index contributed by atoms with van der Waals surface area (Å²) in [5, 5.41) is 0. The van der Waals surface area contributed by atoms with Crippen molar-refractivity contribution < 1.29 is 13.9 Å². The maximum atomic E-state index is 14.3. The molecule has 1 aromatic heterocycles. The number of carbonyl (C=O) groups excluding carboxylic acids is 1. The first-order valence-electron chi connectivity index (χ1n) is 8.13.